The maximum atomic E-state index is 11.4. The highest BCUT2D eigenvalue weighted by Gasteiger charge is 2.10. The Labute approximate surface area is 135 Å². The summed E-state index contributed by atoms with van der Waals surface area (Å²) in [4.78, 5) is 4.03. The molecule has 0 amide bonds. The zero-order valence-electron chi connectivity index (χ0n) is 12.3. The van der Waals surface area contributed by atoms with Gasteiger partial charge in [0.1, 0.15) is 5.15 Å². The molecule has 1 aromatic heterocycles. The topological polar surface area (TPSA) is 75.5 Å². The van der Waals surface area contributed by atoms with E-state index in [2.05, 4.69) is 15.6 Å². The predicted molar refractivity (Wildman–Crippen MR) is 88.0 cm³/mol. The highest BCUT2D eigenvalue weighted by molar-refractivity contribution is 7.91. The van der Waals surface area contributed by atoms with Crippen LogP contribution < -0.4 is 10.6 Å². The molecule has 0 saturated carbocycles. The molecule has 120 valence electrons. The van der Waals surface area contributed by atoms with Gasteiger partial charge in [0, 0.05) is 32.1 Å². The second-order valence-corrected chi connectivity index (χ2v) is 7.66. The van der Waals surface area contributed by atoms with Gasteiger partial charge in [-0.15, -0.1) is 0 Å². The first kappa shape index (κ1) is 18.1. The van der Waals surface area contributed by atoms with Crippen molar-refractivity contribution in [2.45, 2.75) is 13.5 Å². The van der Waals surface area contributed by atoms with Gasteiger partial charge in [-0.3, -0.25) is 4.99 Å². The molecule has 9 heteroatoms. The number of sulfone groups is 1. The number of aliphatic imine (C=N–C) groups is 1. The lowest BCUT2D eigenvalue weighted by Gasteiger charge is -2.12. The number of nitrogens with zero attached hydrogens (tertiary/aromatic N) is 2. The molecule has 21 heavy (non-hydrogen) atoms. The molecular weight excluding hydrogens is 335 g/mol. The third-order valence-corrected chi connectivity index (χ3v) is 5.57. The lowest BCUT2D eigenvalue weighted by Crippen LogP contribution is -2.39. The summed E-state index contributed by atoms with van der Waals surface area (Å²) in [5.74, 6) is 0.738. The Balaban J connectivity index is 2.50. The average Bonchev–Trinajstić information content (AvgIpc) is 2.70. The van der Waals surface area contributed by atoms with Gasteiger partial charge >= 0.3 is 0 Å². The van der Waals surface area contributed by atoms with E-state index in [0.29, 0.717) is 29.2 Å². The highest BCUT2D eigenvalue weighted by Crippen LogP contribution is 2.24. The lowest BCUT2D eigenvalue weighted by atomic mass is 10.4. The fourth-order valence-corrected chi connectivity index (χ4v) is 2.74. The van der Waals surface area contributed by atoms with Crippen molar-refractivity contribution in [2.24, 2.45) is 12.0 Å². The Kier molecular flexibility index (Phi) is 6.83. The van der Waals surface area contributed by atoms with E-state index in [0.717, 1.165) is 5.69 Å². The fraction of sp³-hybridized carbons (Fsp3) is 0.583. The van der Waals surface area contributed by atoms with E-state index in [4.69, 9.17) is 23.2 Å². The van der Waals surface area contributed by atoms with E-state index < -0.39 is 9.84 Å². The Morgan fingerprint density at radius 1 is 1.38 bits per heavy atom. The molecule has 0 aliphatic rings. The van der Waals surface area contributed by atoms with Crippen LogP contribution in [-0.2, 0) is 23.4 Å². The first-order valence-corrected chi connectivity index (χ1v) is 9.03. The summed E-state index contributed by atoms with van der Waals surface area (Å²) < 4.78 is 24.6. The number of hydrogen-bond acceptors (Lipinski definition) is 3. The minimum Gasteiger partial charge on any atom is -0.355 e. The van der Waals surface area contributed by atoms with Gasteiger partial charge in [-0.25, -0.2) is 8.42 Å². The minimum absolute atomic E-state index is 0.0754. The molecular formula is C12H20Cl2N4O2S. The Hall–Kier alpha value is -0.920. The summed E-state index contributed by atoms with van der Waals surface area (Å²) in [6.45, 7) is 2.42. The van der Waals surface area contributed by atoms with Crippen molar-refractivity contribution < 1.29 is 8.42 Å². The molecule has 1 heterocycles. The fourth-order valence-electron chi connectivity index (χ4n) is 1.62. The van der Waals surface area contributed by atoms with Crippen LogP contribution in [0.3, 0.4) is 0 Å². The normalized spacial score (nSPS) is 12.5. The van der Waals surface area contributed by atoms with Crippen molar-refractivity contribution in [2.75, 3.05) is 25.1 Å². The molecule has 0 atom stereocenters. The smallest absolute Gasteiger partial charge is 0.191 e. The van der Waals surface area contributed by atoms with E-state index in [1.165, 1.54) is 0 Å². The number of hydrogen-bond donors (Lipinski definition) is 2. The number of nitrogens with one attached hydrogen (secondary N) is 2. The van der Waals surface area contributed by atoms with Crippen molar-refractivity contribution in [3.8, 4) is 0 Å². The molecule has 1 rings (SSSR count). The van der Waals surface area contributed by atoms with Crippen molar-refractivity contribution >= 4 is 39.0 Å². The van der Waals surface area contributed by atoms with Gasteiger partial charge in [0.2, 0.25) is 0 Å². The van der Waals surface area contributed by atoms with Gasteiger partial charge in [-0.05, 0) is 6.07 Å². The Morgan fingerprint density at radius 3 is 2.52 bits per heavy atom. The summed E-state index contributed by atoms with van der Waals surface area (Å²) in [7, 11) is 0.451. The molecule has 0 unspecified atom stereocenters. The van der Waals surface area contributed by atoms with E-state index in [9.17, 15) is 8.42 Å². The number of rotatable bonds is 6. The van der Waals surface area contributed by atoms with Crippen LogP contribution in [0.25, 0.3) is 0 Å². The highest BCUT2D eigenvalue weighted by atomic mass is 35.5. The molecule has 0 aliphatic heterocycles. The number of halogens is 2. The molecule has 0 saturated heterocycles. The molecule has 0 bridgehead atoms. The largest absolute Gasteiger partial charge is 0.355 e. The summed E-state index contributed by atoms with van der Waals surface area (Å²) in [6.07, 6.45) is 0. The summed E-state index contributed by atoms with van der Waals surface area (Å²) in [5.41, 5.74) is 0.897. The van der Waals surface area contributed by atoms with Crippen LogP contribution in [-0.4, -0.2) is 44.0 Å². The van der Waals surface area contributed by atoms with Crippen molar-refractivity contribution in [3.05, 3.63) is 21.9 Å². The average molecular weight is 355 g/mol. The monoisotopic (exact) mass is 354 g/mol. The van der Waals surface area contributed by atoms with Gasteiger partial charge in [-0.2, -0.15) is 0 Å². The summed E-state index contributed by atoms with van der Waals surface area (Å²) in [6, 6.07) is 1.77. The minimum atomic E-state index is -2.98. The van der Waals surface area contributed by atoms with Crippen molar-refractivity contribution in [1.29, 1.82) is 0 Å². The van der Waals surface area contributed by atoms with Crippen molar-refractivity contribution in [3.63, 3.8) is 0 Å². The second kappa shape index (κ2) is 7.91. The first-order valence-electron chi connectivity index (χ1n) is 6.45. The van der Waals surface area contributed by atoms with Crippen LogP contribution in [0.2, 0.25) is 10.2 Å². The van der Waals surface area contributed by atoms with E-state index in [-0.39, 0.29) is 11.5 Å². The lowest BCUT2D eigenvalue weighted by molar-refractivity contribution is 0.595. The molecule has 0 aromatic carbocycles. The first-order chi connectivity index (χ1) is 9.80. The SMILES string of the molecule is CCS(=O)(=O)CCNC(=NC)NCc1cc(Cl)c(Cl)n1C. The summed E-state index contributed by atoms with van der Waals surface area (Å²) in [5, 5.41) is 7.00. The Bertz CT molecular complexity index is 611. The van der Waals surface area contributed by atoms with Gasteiger partial charge in [0.25, 0.3) is 0 Å². The summed E-state index contributed by atoms with van der Waals surface area (Å²) >= 11 is 11.9. The standard InChI is InChI=1S/C12H20Cl2N4O2S/c1-4-21(19,20)6-5-16-12(15-2)17-8-9-7-10(13)11(14)18(9)3/h7H,4-6,8H2,1-3H3,(H2,15,16,17). The van der Waals surface area contributed by atoms with E-state index in [1.54, 1.807) is 24.6 Å². The maximum absolute atomic E-state index is 11.4. The zero-order valence-corrected chi connectivity index (χ0v) is 14.6. The maximum Gasteiger partial charge on any atom is 0.191 e. The van der Waals surface area contributed by atoms with Crippen LogP contribution in [0.5, 0.6) is 0 Å². The van der Waals surface area contributed by atoms with E-state index in [1.807, 2.05) is 7.05 Å². The van der Waals surface area contributed by atoms with Gasteiger partial charge in [0.15, 0.2) is 15.8 Å². The predicted octanol–water partition coefficient (Wildman–Crippen LogP) is 1.43. The molecule has 0 radical (unpaired) electrons. The van der Waals surface area contributed by atoms with E-state index >= 15 is 0 Å². The van der Waals surface area contributed by atoms with Crippen LogP contribution in [0.15, 0.2) is 11.1 Å². The molecule has 1 aromatic rings. The van der Waals surface area contributed by atoms with Crippen LogP contribution in [0.1, 0.15) is 12.6 Å². The molecule has 6 nitrogen and oxygen atoms in total. The van der Waals surface area contributed by atoms with Crippen LogP contribution >= 0.6 is 23.2 Å². The molecule has 0 fully saturated rings. The third-order valence-electron chi connectivity index (χ3n) is 3.02. The number of guanidine groups is 1. The zero-order chi connectivity index (χ0) is 16.0. The third kappa shape index (κ3) is 5.41. The Morgan fingerprint density at radius 2 is 2.05 bits per heavy atom. The number of aromatic nitrogens is 1. The molecule has 2 N–H and O–H groups in total. The van der Waals surface area contributed by atoms with Crippen LogP contribution in [0.4, 0.5) is 0 Å². The molecule has 0 aliphatic carbocycles. The van der Waals surface area contributed by atoms with Gasteiger partial charge in [0.05, 0.1) is 17.3 Å². The van der Waals surface area contributed by atoms with Crippen molar-refractivity contribution in [1.82, 2.24) is 15.2 Å². The quantitative estimate of drug-likeness (QED) is 0.598. The van der Waals surface area contributed by atoms with Gasteiger partial charge < -0.3 is 15.2 Å². The second-order valence-electron chi connectivity index (χ2n) is 4.42. The molecule has 0 spiro atoms. The van der Waals surface area contributed by atoms with Gasteiger partial charge in [-0.1, -0.05) is 30.1 Å². The van der Waals surface area contributed by atoms with Crippen LogP contribution in [0, 0.1) is 0 Å².